The molecule has 2 atom stereocenters. The number of ether oxygens (including phenoxy) is 1. The van der Waals surface area contributed by atoms with Gasteiger partial charge >= 0.3 is 0 Å². The van der Waals surface area contributed by atoms with Gasteiger partial charge in [-0.25, -0.2) is 0 Å². The largest absolute Gasteiger partial charge is 0.381 e. The van der Waals surface area contributed by atoms with Gasteiger partial charge in [0.1, 0.15) is 0 Å². The molecule has 4 heteroatoms. The second-order valence-corrected chi connectivity index (χ2v) is 5.64. The predicted octanol–water partition coefficient (Wildman–Crippen LogP) is 2.45. The average molecular weight is 345 g/mol. The van der Waals surface area contributed by atoms with Gasteiger partial charge < -0.3 is 10.1 Å². The highest BCUT2D eigenvalue weighted by Crippen LogP contribution is 2.17. The van der Waals surface area contributed by atoms with Crippen LogP contribution in [-0.2, 0) is 4.74 Å². The number of carbonyl (C=O) groups excluding carboxylic acids is 1. The Kier molecular flexibility index (Phi) is 4.39. The first-order valence-electron chi connectivity index (χ1n) is 5.81. The van der Waals surface area contributed by atoms with Crippen LogP contribution < -0.4 is 5.32 Å². The molecule has 0 bridgehead atoms. The molecule has 0 radical (unpaired) electrons. The van der Waals surface area contributed by atoms with Crippen molar-refractivity contribution < 1.29 is 9.53 Å². The number of hydrogen-bond donors (Lipinski definition) is 1. The fraction of sp³-hybridized carbons (Fsp3) is 0.462. The maximum absolute atomic E-state index is 12.0. The molecule has 1 N–H and O–H groups in total. The van der Waals surface area contributed by atoms with Crippen LogP contribution in [0, 0.1) is 9.49 Å². The van der Waals surface area contributed by atoms with Crippen LogP contribution in [0.15, 0.2) is 24.3 Å². The number of benzene rings is 1. The van der Waals surface area contributed by atoms with E-state index in [1.165, 1.54) is 0 Å². The first kappa shape index (κ1) is 12.8. The Bertz CT molecular complexity index is 402. The molecule has 0 spiro atoms. The molecule has 1 aromatic rings. The van der Waals surface area contributed by atoms with E-state index in [9.17, 15) is 4.79 Å². The standard InChI is InChI=1S/C13H16INO2/c1-9(11-5-6-17-8-11)15-13(16)10-3-2-4-12(14)7-10/h2-4,7,9,11H,5-6,8H2,1H3,(H,15,16). The molecule has 1 amide bonds. The van der Waals surface area contributed by atoms with E-state index >= 15 is 0 Å². The maximum atomic E-state index is 12.0. The monoisotopic (exact) mass is 345 g/mol. The molecule has 1 heterocycles. The minimum absolute atomic E-state index is 0.00270. The van der Waals surface area contributed by atoms with Gasteiger partial charge in [0.15, 0.2) is 0 Å². The highest BCUT2D eigenvalue weighted by molar-refractivity contribution is 14.1. The summed E-state index contributed by atoms with van der Waals surface area (Å²) in [6, 6.07) is 7.79. The topological polar surface area (TPSA) is 38.3 Å². The average Bonchev–Trinajstić information content (AvgIpc) is 2.82. The van der Waals surface area contributed by atoms with Crippen LogP contribution in [0.2, 0.25) is 0 Å². The number of carbonyl (C=O) groups is 1. The normalized spacial score (nSPS) is 21.2. The smallest absolute Gasteiger partial charge is 0.251 e. The molecule has 1 aliphatic rings. The SMILES string of the molecule is CC(NC(=O)c1cccc(I)c1)C1CCOC1. The zero-order chi connectivity index (χ0) is 12.3. The lowest BCUT2D eigenvalue weighted by atomic mass is 10.0. The van der Waals surface area contributed by atoms with Crippen LogP contribution in [0.4, 0.5) is 0 Å². The number of rotatable bonds is 3. The van der Waals surface area contributed by atoms with E-state index in [1.807, 2.05) is 31.2 Å². The molecule has 17 heavy (non-hydrogen) atoms. The van der Waals surface area contributed by atoms with Gasteiger partial charge in [-0.1, -0.05) is 6.07 Å². The summed E-state index contributed by atoms with van der Waals surface area (Å²) in [5, 5.41) is 3.04. The van der Waals surface area contributed by atoms with Gasteiger partial charge in [0.25, 0.3) is 5.91 Å². The van der Waals surface area contributed by atoms with Gasteiger partial charge in [-0.15, -0.1) is 0 Å². The summed E-state index contributed by atoms with van der Waals surface area (Å²) in [6.07, 6.45) is 1.04. The van der Waals surface area contributed by atoms with E-state index in [0.29, 0.717) is 5.92 Å². The number of hydrogen-bond acceptors (Lipinski definition) is 2. The third-order valence-electron chi connectivity index (χ3n) is 3.12. The Morgan fingerprint density at radius 3 is 3.06 bits per heavy atom. The van der Waals surface area contributed by atoms with E-state index in [2.05, 4.69) is 27.9 Å². The summed E-state index contributed by atoms with van der Waals surface area (Å²) < 4.78 is 6.41. The van der Waals surface area contributed by atoms with Crippen LogP contribution in [0.3, 0.4) is 0 Å². The molecular formula is C13H16INO2. The van der Waals surface area contributed by atoms with Crippen molar-refractivity contribution in [3.8, 4) is 0 Å². The summed E-state index contributed by atoms with van der Waals surface area (Å²) in [4.78, 5) is 12.0. The number of amides is 1. The summed E-state index contributed by atoms with van der Waals surface area (Å²) in [5.74, 6) is 0.449. The summed E-state index contributed by atoms with van der Waals surface area (Å²) in [5.41, 5.74) is 0.725. The number of halogens is 1. The van der Waals surface area contributed by atoms with Gasteiger partial charge in [0, 0.05) is 27.7 Å². The molecular weight excluding hydrogens is 329 g/mol. The fourth-order valence-corrected chi connectivity index (χ4v) is 2.53. The molecule has 3 nitrogen and oxygen atoms in total. The van der Waals surface area contributed by atoms with Crippen LogP contribution in [0.25, 0.3) is 0 Å². The fourth-order valence-electron chi connectivity index (χ4n) is 1.98. The Hall–Kier alpha value is -0.620. The molecule has 1 saturated heterocycles. The minimum atomic E-state index is 0.00270. The van der Waals surface area contributed by atoms with Gasteiger partial charge in [-0.05, 0) is 54.1 Å². The van der Waals surface area contributed by atoms with Crippen molar-refractivity contribution in [3.63, 3.8) is 0 Å². The zero-order valence-corrected chi connectivity index (χ0v) is 11.9. The maximum Gasteiger partial charge on any atom is 0.251 e. The van der Waals surface area contributed by atoms with Crippen LogP contribution >= 0.6 is 22.6 Å². The van der Waals surface area contributed by atoms with Gasteiger partial charge in [0.05, 0.1) is 6.61 Å². The molecule has 1 fully saturated rings. The minimum Gasteiger partial charge on any atom is -0.381 e. The highest BCUT2D eigenvalue weighted by atomic mass is 127. The molecule has 0 aromatic heterocycles. The molecule has 1 aromatic carbocycles. The van der Waals surface area contributed by atoms with Crippen LogP contribution in [0.1, 0.15) is 23.7 Å². The molecule has 0 aliphatic carbocycles. The van der Waals surface area contributed by atoms with Crippen LogP contribution in [0.5, 0.6) is 0 Å². The lowest BCUT2D eigenvalue weighted by Gasteiger charge is -2.19. The van der Waals surface area contributed by atoms with Crippen molar-refractivity contribution in [2.24, 2.45) is 5.92 Å². The summed E-state index contributed by atoms with van der Waals surface area (Å²) in [7, 11) is 0. The Balaban J connectivity index is 1.96. The zero-order valence-electron chi connectivity index (χ0n) is 9.78. The van der Waals surface area contributed by atoms with Crippen molar-refractivity contribution in [2.45, 2.75) is 19.4 Å². The van der Waals surface area contributed by atoms with Crippen LogP contribution in [-0.4, -0.2) is 25.2 Å². The Morgan fingerprint density at radius 1 is 1.59 bits per heavy atom. The van der Waals surface area contributed by atoms with Crippen molar-refractivity contribution in [3.05, 3.63) is 33.4 Å². The van der Waals surface area contributed by atoms with Crippen molar-refractivity contribution in [2.75, 3.05) is 13.2 Å². The molecule has 2 unspecified atom stereocenters. The first-order valence-corrected chi connectivity index (χ1v) is 6.89. The second kappa shape index (κ2) is 5.82. The van der Waals surface area contributed by atoms with Gasteiger partial charge in [-0.2, -0.15) is 0 Å². The Morgan fingerprint density at radius 2 is 2.41 bits per heavy atom. The molecule has 1 aliphatic heterocycles. The molecule has 0 saturated carbocycles. The summed E-state index contributed by atoms with van der Waals surface area (Å²) in [6.45, 7) is 3.62. The second-order valence-electron chi connectivity index (χ2n) is 4.40. The third kappa shape index (κ3) is 3.42. The van der Waals surface area contributed by atoms with Crippen molar-refractivity contribution >= 4 is 28.5 Å². The quantitative estimate of drug-likeness (QED) is 0.855. The summed E-state index contributed by atoms with van der Waals surface area (Å²) >= 11 is 2.21. The van der Waals surface area contributed by atoms with Crippen molar-refractivity contribution in [1.82, 2.24) is 5.32 Å². The van der Waals surface area contributed by atoms with Crippen molar-refractivity contribution in [1.29, 1.82) is 0 Å². The van der Waals surface area contributed by atoms with Gasteiger partial charge in [0.2, 0.25) is 0 Å². The van der Waals surface area contributed by atoms with E-state index in [4.69, 9.17) is 4.74 Å². The lowest BCUT2D eigenvalue weighted by Crippen LogP contribution is -2.38. The van der Waals surface area contributed by atoms with E-state index in [0.717, 1.165) is 28.8 Å². The molecule has 92 valence electrons. The third-order valence-corrected chi connectivity index (χ3v) is 3.79. The van der Waals surface area contributed by atoms with E-state index < -0.39 is 0 Å². The lowest BCUT2D eigenvalue weighted by molar-refractivity contribution is 0.0922. The number of nitrogens with one attached hydrogen (secondary N) is 1. The Labute approximate surface area is 115 Å². The van der Waals surface area contributed by atoms with E-state index in [-0.39, 0.29) is 11.9 Å². The van der Waals surface area contributed by atoms with Gasteiger partial charge in [-0.3, -0.25) is 4.79 Å². The van der Waals surface area contributed by atoms with E-state index in [1.54, 1.807) is 0 Å². The predicted molar refractivity (Wildman–Crippen MR) is 75.0 cm³/mol. The highest BCUT2D eigenvalue weighted by Gasteiger charge is 2.23. The first-order chi connectivity index (χ1) is 8.16. The molecule has 2 rings (SSSR count).